The maximum Gasteiger partial charge on any atom is 0.261 e. The third kappa shape index (κ3) is 5.13. The Bertz CT molecular complexity index is 1360. The smallest absolute Gasteiger partial charge is 0.261 e. The predicted octanol–water partition coefficient (Wildman–Crippen LogP) is 5.31. The number of nitrogens with zero attached hydrogens (tertiary/aromatic N) is 4. The van der Waals surface area contributed by atoms with Crippen LogP contribution in [0.1, 0.15) is 44.0 Å². The van der Waals surface area contributed by atoms with Gasteiger partial charge in [-0.2, -0.15) is 16.9 Å². The predicted molar refractivity (Wildman–Crippen MR) is 140 cm³/mol. The topological polar surface area (TPSA) is 71.2 Å². The summed E-state index contributed by atoms with van der Waals surface area (Å²) in [5.74, 6) is 1.74. The average molecular weight is 491 g/mol. The summed E-state index contributed by atoms with van der Waals surface area (Å²) in [6, 6.07) is 13.5. The molecule has 1 aliphatic heterocycles. The van der Waals surface area contributed by atoms with Crippen LogP contribution in [-0.4, -0.2) is 44.6 Å². The van der Waals surface area contributed by atoms with Crippen molar-refractivity contribution in [2.45, 2.75) is 38.5 Å². The first-order valence-corrected chi connectivity index (χ1v) is 13.4. The monoisotopic (exact) mass is 490 g/mol. The zero-order chi connectivity index (χ0) is 24.2. The quantitative estimate of drug-likeness (QED) is 0.312. The van der Waals surface area contributed by atoms with E-state index in [9.17, 15) is 4.79 Å². The lowest BCUT2D eigenvalue weighted by atomic mass is 10.1. The SMILES string of the molecule is CSCCOc1cccc(C(C)n2cnc3ccc(-c4cnn(C5CCCCO5)c4)cc3c2=O)c1. The van der Waals surface area contributed by atoms with E-state index >= 15 is 0 Å². The lowest BCUT2D eigenvalue weighted by molar-refractivity contribution is -0.0394. The zero-order valence-electron chi connectivity index (χ0n) is 20.1. The van der Waals surface area contributed by atoms with E-state index in [1.807, 2.05) is 66.5 Å². The summed E-state index contributed by atoms with van der Waals surface area (Å²) < 4.78 is 15.3. The van der Waals surface area contributed by atoms with Crippen molar-refractivity contribution in [2.24, 2.45) is 0 Å². The standard InChI is InChI=1S/C27H30N4O3S/c1-19(20-6-5-7-23(14-20)33-12-13-35-2)30-18-28-25-10-9-21(15-24(25)27(30)32)22-16-29-31(17-22)26-8-3-4-11-34-26/h5-7,9-10,14-19,26H,3-4,8,11-13H2,1-2H3. The van der Waals surface area contributed by atoms with Gasteiger partial charge in [-0.1, -0.05) is 18.2 Å². The van der Waals surface area contributed by atoms with Crippen LogP contribution in [0.5, 0.6) is 5.75 Å². The fourth-order valence-corrected chi connectivity index (χ4v) is 4.69. The fraction of sp³-hybridized carbons (Fsp3) is 0.370. The third-order valence-corrected chi connectivity index (χ3v) is 7.06. The van der Waals surface area contributed by atoms with E-state index in [0.29, 0.717) is 17.5 Å². The Balaban J connectivity index is 1.43. The Hall–Kier alpha value is -3.10. The van der Waals surface area contributed by atoms with Crippen LogP contribution in [0.4, 0.5) is 0 Å². The van der Waals surface area contributed by atoms with Gasteiger partial charge >= 0.3 is 0 Å². The molecule has 0 spiro atoms. The normalized spacial score (nSPS) is 16.9. The maximum absolute atomic E-state index is 13.5. The van der Waals surface area contributed by atoms with E-state index in [1.54, 1.807) is 22.7 Å². The van der Waals surface area contributed by atoms with Crippen LogP contribution < -0.4 is 10.3 Å². The van der Waals surface area contributed by atoms with Crippen molar-refractivity contribution in [3.63, 3.8) is 0 Å². The van der Waals surface area contributed by atoms with Crippen LogP contribution in [0.25, 0.3) is 22.0 Å². The van der Waals surface area contributed by atoms with Gasteiger partial charge in [0.2, 0.25) is 0 Å². The van der Waals surface area contributed by atoms with Crippen LogP contribution in [0.2, 0.25) is 0 Å². The van der Waals surface area contributed by atoms with Crippen molar-refractivity contribution < 1.29 is 9.47 Å². The molecule has 1 aliphatic rings. The summed E-state index contributed by atoms with van der Waals surface area (Å²) in [5.41, 5.74) is 3.51. The maximum atomic E-state index is 13.5. The molecule has 2 aromatic heterocycles. The second kappa shape index (κ2) is 10.7. The zero-order valence-corrected chi connectivity index (χ0v) is 20.9. The minimum absolute atomic E-state index is 0.0156. The van der Waals surface area contributed by atoms with Crippen LogP contribution in [0.3, 0.4) is 0 Å². The van der Waals surface area contributed by atoms with E-state index < -0.39 is 0 Å². The third-order valence-electron chi connectivity index (χ3n) is 6.48. The second-order valence-electron chi connectivity index (χ2n) is 8.81. The molecule has 8 heteroatoms. The van der Waals surface area contributed by atoms with Gasteiger partial charge in [0.05, 0.1) is 36.1 Å². The Morgan fingerprint density at radius 3 is 2.94 bits per heavy atom. The molecule has 35 heavy (non-hydrogen) atoms. The minimum Gasteiger partial charge on any atom is -0.493 e. The van der Waals surface area contributed by atoms with E-state index in [0.717, 1.165) is 54.1 Å². The summed E-state index contributed by atoms with van der Waals surface area (Å²) in [7, 11) is 0. The van der Waals surface area contributed by atoms with Gasteiger partial charge in [0, 0.05) is 24.1 Å². The molecule has 2 unspecified atom stereocenters. The molecule has 182 valence electrons. The molecule has 5 rings (SSSR count). The van der Waals surface area contributed by atoms with Gasteiger partial charge in [-0.25, -0.2) is 9.67 Å². The lowest BCUT2D eigenvalue weighted by Crippen LogP contribution is -2.24. The van der Waals surface area contributed by atoms with Crippen molar-refractivity contribution in [1.29, 1.82) is 0 Å². The van der Waals surface area contributed by atoms with Crippen LogP contribution >= 0.6 is 11.8 Å². The summed E-state index contributed by atoms with van der Waals surface area (Å²) in [4.78, 5) is 18.1. The van der Waals surface area contributed by atoms with Crippen molar-refractivity contribution >= 4 is 22.7 Å². The van der Waals surface area contributed by atoms with Gasteiger partial charge in [0.25, 0.3) is 5.56 Å². The number of hydrogen-bond acceptors (Lipinski definition) is 6. The molecule has 1 saturated heterocycles. The summed E-state index contributed by atoms with van der Waals surface area (Å²) >= 11 is 1.75. The first-order chi connectivity index (χ1) is 17.1. The Kier molecular flexibility index (Phi) is 7.20. The van der Waals surface area contributed by atoms with E-state index in [1.165, 1.54) is 0 Å². The summed E-state index contributed by atoms with van der Waals surface area (Å²) in [6.07, 6.45) is 10.7. The molecule has 0 amide bonds. The molecular weight excluding hydrogens is 460 g/mol. The van der Waals surface area contributed by atoms with E-state index in [2.05, 4.69) is 16.3 Å². The number of thioether (sulfide) groups is 1. The van der Waals surface area contributed by atoms with E-state index in [4.69, 9.17) is 9.47 Å². The highest BCUT2D eigenvalue weighted by Crippen LogP contribution is 2.27. The number of aromatic nitrogens is 4. The minimum atomic E-state index is -0.182. The van der Waals surface area contributed by atoms with E-state index in [-0.39, 0.29) is 17.8 Å². The molecule has 7 nitrogen and oxygen atoms in total. The number of rotatable bonds is 8. The van der Waals surface area contributed by atoms with Gasteiger partial charge in [-0.3, -0.25) is 9.36 Å². The highest BCUT2D eigenvalue weighted by Gasteiger charge is 2.18. The van der Waals surface area contributed by atoms with Gasteiger partial charge in [0.15, 0.2) is 0 Å². The summed E-state index contributed by atoms with van der Waals surface area (Å²) in [5, 5.41) is 5.11. The number of ether oxygens (including phenoxy) is 2. The van der Waals surface area contributed by atoms with Crippen LogP contribution in [0, 0.1) is 0 Å². The molecule has 2 atom stereocenters. The second-order valence-corrected chi connectivity index (χ2v) is 9.79. The highest BCUT2D eigenvalue weighted by atomic mass is 32.2. The number of hydrogen-bond donors (Lipinski definition) is 0. The molecule has 0 radical (unpaired) electrons. The van der Waals surface area contributed by atoms with Crippen molar-refractivity contribution in [2.75, 3.05) is 25.2 Å². The van der Waals surface area contributed by atoms with Gasteiger partial charge in [-0.05, 0) is 67.8 Å². The van der Waals surface area contributed by atoms with Gasteiger partial charge in [-0.15, -0.1) is 0 Å². The first-order valence-electron chi connectivity index (χ1n) is 12.0. The lowest BCUT2D eigenvalue weighted by Gasteiger charge is -2.22. The Morgan fingerprint density at radius 1 is 1.20 bits per heavy atom. The highest BCUT2D eigenvalue weighted by molar-refractivity contribution is 7.98. The van der Waals surface area contributed by atoms with Crippen molar-refractivity contribution in [1.82, 2.24) is 19.3 Å². The Morgan fingerprint density at radius 2 is 2.11 bits per heavy atom. The average Bonchev–Trinajstić information content (AvgIpc) is 3.40. The molecule has 3 heterocycles. The van der Waals surface area contributed by atoms with Gasteiger partial charge < -0.3 is 9.47 Å². The number of fused-ring (bicyclic) bond motifs is 1. The molecule has 0 bridgehead atoms. The molecule has 0 aliphatic carbocycles. The molecule has 1 fully saturated rings. The van der Waals surface area contributed by atoms with Crippen molar-refractivity contribution in [3.8, 4) is 16.9 Å². The largest absolute Gasteiger partial charge is 0.493 e. The molecule has 2 aromatic carbocycles. The fourth-order valence-electron chi connectivity index (χ4n) is 4.44. The summed E-state index contributed by atoms with van der Waals surface area (Å²) in [6.45, 7) is 3.43. The molecular formula is C27H30N4O3S. The van der Waals surface area contributed by atoms with Gasteiger partial charge in [0.1, 0.15) is 12.0 Å². The number of benzene rings is 2. The molecule has 0 N–H and O–H groups in total. The Labute approximate surface area is 209 Å². The van der Waals surface area contributed by atoms with Crippen LogP contribution in [-0.2, 0) is 4.74 Å². The van der Waals surface area contributed by atoms with Crippen molar-refractivity contribution in [3.05, 3.63) is 77.1 Å². The first kappa shape index (κ1) is 23.6. The molecule has 4 aromatic rings. The van der Waals surface area contributed by atoms with Crippen LogP contribution in [0.15, 0.2) is 66.0 Å². The molecule has 0 saturated carbocycles.